The van der Waals surface area contributed by atoms with E-state index in [1.807, 2.05) is 24.3 Å². The number of rotatable bonds is 5. The number of para-hydroxylation sites is 1. The van der Waals surface area contributed by atoms with Gasteiger partial charge in [-0.2, -0.15) is 0 Å². The molecule has 0 aliphatic rings. The highest BCUT2D eigenvalue weighted by Gasteiger charge is 2.08. The van der Waals surface area contributed by atoms with Crippen LogP contribution in [0.2, 0.25) is 0 Å². The van der Waals surface area contributed by atoms with Crippen LogP contribution in [0.4, 0.5) is 5.69 Å². The Morgan fingerprint density at radius 3 is 2.78 bits per heavy atom. The maximum atomic E-state index is 5.72. The van der Waals surface area contributed by atoms with E-state index in [4.69, 9.17) is 18.0 Å². The van der Waals surface area contributed by atoms with E-state index in [0.29, 0.717) is 11.0 Å². The molecule has 0 bridgehead atoms. The second-order valence-electron chi connectivity index (χ2n) is 4.24. The Morgan fingerprint density at radius 1 is 1.33 bits per heavy atom. The Bertz CT molecular complexity index is 520. The molecule has 1 heterocycles. The highest BCUT2D eigenvalue weighted by molar-refractivity contribution is 7.80. The molecule has 0 radical (unpaired) electrons. The molecule has 94 valence electrons. The fraction of sp³-hybridized carbons (Fsp3) is 0.214. The fourth-order valence-corrected chi connectivity index (χ4v) is 2.88. The number of thiocarbonyl (C=S) groups is 1. The predicted molar refractivity (Wildman–Crippen MR) is 83.4 cm³/mol. The van der Waals surface area contributed by atoms with Crippen LogP contribution in [0.25, 0.3) is 0 Å². The topological polar surface area (TPSA) is 38.0 Å². The van der Waals surface area contributed by atoms with Gasteiger partial charge < -0.3 is 11.1 Å². The number of benzene rings is 1. The number of thiophene rings is 1. The van der Waals surface area contributed by atoms with Crippen molar-refractivity contribution >= 4 is 34.2 Å². The molecule has 0 aliphatic carbocycles. The van der Waals surface area contributed by atoms with Gasteiger partial charge in [0.2, 0.25) is 0 Å². The van der Waals surface area contributed by atoms with E-state index in [1.165, 1.54) is 4.88 Å². The van der Waals surface area contributed by atoms with E-state index in [2.05, 4.69) is 29.8 Å². The third-order valence-electron chi connectivity index (χ3n) is 2.68. The molecule has 2 nitrogen and oxygen atoms in total. The lowest BCUT2D eigenvalue weighted by Gasteiger charge is -2.17. The summed E-state index contributed by atoms with van der Waals surface area (Å²) >= 11 is 6.84. The minimum absolute atomic E-state index is 0.346. The van der Waals surface area contributed by atoms with Gasteiger partial charge in [-0.1, -0.05) is 30.4 Å². The summed E-state index contributed by atoms with van der Waals surface area (Å²) in [6.07, 6.45) is 1.00. The lowest BCUT2D eigenvalue weighted by molar-refractivity contribution is 0.800. The highest BCUT2D eigenvalue weighted by atomic mass is 32.1. The summed E-state index contributed by atoms with van der Waals surface area (Å²) in [6, 6.07) is 12.5. The van der Waals surface area contributed by atoms with Gasteiger partial charge >= 0.3 is 0 Å². The van der Waals surface area contributed by atoms with E-state index < -0.39 is 0 Å². The Balaban J connectivity index is 2.07. The first-order valence-corrected chi connectivity index (χ1v) is 7.13. The highest BCUT2D eigenvalue weighted by Crippen LogP contribution is 2.18. The Hall–Kier alpha value is -1.39. The standard InChI is InChI=1S/C14H16N2S2/c1-10(9-11-5-4-8-18-11)16-13-7-3-2-6-12(13)14(15)17/h2-8,10,16H,9H2,1H3,(H2,15,17). The van der Waals surface area contributed by atoms with Crippen molar-refractivity contribution in [3.05, 3.63) is 52.2 Å². The zero-order valence-electron chi connectivity index (χ0n) is 10.2. The van der Waals surface area contributed by atoms with Crippen molar-refractivity contribution < 1.29 is 0 Å². The molecule has 0 saturated carbocycles. The second kappa shape index (κ2) is 5.98. The lowest BCUT2D eigenvalue weighted by Crippen LogP contribution is -2.20. The first-order chi connectivity index (χ1) is 8.66. The third-order valence-corrected chi connectivity index (χ3v) is 3.80. The average molecular weight is 276 g/mol. The molecule has 0 fully saturated rings. The van der Waals surface area contributed by atoms with E-state index in [9.17, 15) is 0 Å². The first-order valence-electron chi connectivity index (χ1n) is 5.84. The quantitative estimate of drug-likeness (QED) is 0.822. The summed E-state index contributed by atoms with van der Waals surface area (Å²) < 4.78 is 0. The molecule has 0 spiro atoms. The molecule has 18 heavy (non-hydrogen) atoms. The van der Waals surface area contributed by atoms with E-state index >= 15 is 0 Å². The van der Waals surface area contributed by atoms with Crippen LogP contribution in [0.15, 0.2) is 41.8 Å². The van der Waals surface area contributed by atoms with Gasteiger partial charge in [-0.05, 0) is 30.5 Å². The molecule has 2 aromatic rings. The number of nitrogens with two attached hydrogens (primary N) is 1. The predicted octanol–water partition coefficient (Wildman–Crippen LogP) is 3.43. The summed E-state index contributed by atoms with van der Waals surface area (Å²) in [7, 11) is 0. The summed E-state index contributed by atoms with van der Waals surface area (Å²) in [5.74, 6) is 0. The van der Waals surface area contributed by atoms with Crippen molar-refractivity contribution in [1.29, 1.82) is 0 Å². The minimum Gasteiger partial charge on any atom is -0.389 e. The van der Waals surface area contributed by atoms with Crippen molar-refractivity contribution in [1.82, 2.24) is 0 Å². The SMILES string of the molecule is CC(Cc1cccs1)Nc1ccccc1C(N)=S. The number of hydrogen-bond acceptors (Lipinski definition) is 3. The third kappa shape index (κ3) is 3.31. The van der Waals surface area contributed by atoms with Crippen LogP contribution in [0, 0.1) is 0 Å². The zero-order valence-corrected chi connectivity index (χ0v) is 11.9. The molecule has 1 aromatic heterocycles. The molecular weight excluding hydrogens is 260 g/mol. The largest absolute Gasteiger partial charge is 0.389 e. The zero-order chi connectivity index (χ0) is 13.0. The van der Waals surface area contributed by atoms with Crippen LogP contribution < -0.4 is 11.1 Å². The van der Waals surface area contributed by atoms with Gasteiger partial charge in [-0.25, -0.2) is 0 Å². The molecule has 0 aliphatic heterocycles. The molecule has 3 N–H and O–H groups in total. The summed E-state index contributed by atoms with van der Waals surface area (Å²) in [5, 5.41) is 5.57. The van der Waals surface area contributed by atoms with Gasteiger partial charge in [0.05, 0.1) is 0 Å². The van der Waals surface area contributed by atoms with E-state index in [1.54, 1.807) is 11.3 Å². The molecule has 1 atom stereocenters. The van der Waals surface area contributed by atoms with Gasteiger partial charge in [-0.3, -0.25) is 0 Å². The monoisotopic (exact) mass is 276 g/mol. The van der Waals surface area contributed by atoms with Crippen LogP contribution in [-0.2, 0) is 6.42 Å². The van der Waals surface area contributed by atoms with Crippen LogP contribution in [0.3, 0.4) is 0 Å². The molecule has 2 rings (SSSR count). The lowest BCUT2D eigenvalue weighted by atomic mass is 10.1. The van der Waals surface area contributed by atoms with E-state index in [0.717, 1.165) is 17.7 Å². The molecule has 1 unspecified atom stereocenters. The average Bonchev–Trinajstić information content (AvgIpc) is 2.82. The molecule has 1 aromatic carbocycles. The maximum Gasteiger partial charge on any atom is 0.106 e. The smallest absolute Gasteiger partial charge is 0.106 e. The number of hydrogen-bond donors (Lipinski definition) is 2. The summed E-state index contributed by atoms with van der Waals surface area (Å²) in [5.41, 5.74) is 7.64. The number of anilines is 1. The molecule has 0 amide bonds. The Kier molecular flexibility index (Phi) is 4.33. The normalized spacial score (nSPS) is 12.1. The first kappa shape index (κ1) is 13.1. The summed E-state index contributed by atoms with van der Waals surface area (Å²) in [4.78, 5) is 1.81. The van der Waals surface area contributed by atoms with E-state index in [-0.39, 0.29) is 0 Å². The van der Waals surface area contributed by atoms with Crippen molar-refractivity contribution in [2.45, 2.75) is 19.4 Å². The number of nitrogens with one attached hydrogen (secondary N) is 1. The van der Waals surface area contributed by atoms with Gasteiger partial charge in [0.25, 0.3) is 0 Å². The fourth-order valence-electron chi connectivity index (χ4n) is 1.87. The van der Waals surface area contributed by atoms with Crippen molar-refractivity contribution in [3.63, 3.8) is 0 Å². The van der Waals surface area contributed by atoms with Crippen molar-refractivity contribution in [2.24, 2.45) is 5.73 Å². The molecule has 0 saturated heterocycles. The minimum atomic E-state index is 0.346. The van der Waals surface area contributed by atoms with Gasteiger partial charge in [-0.15, -0.1) is 11.3 Å². The van der Waals surface area contributed by atoms with Gasteiger partial charge in [0.15, 0.2) is 0 Å². The van der Waals surface area contributed by atoms with Crippen LogP contribution in [0.1, 0.15) is 17.4 Å². The Morgan fingerprint density at radius 2 is 2.11 bits per heavy atom. The van der Waals surface area contributed by atoms with Crippen LogP contribution in [-0.4, -0.2) is 11.0 Å². The van der Waals surface area contributed by atoms with Crippen molar-refractivity contribution in [2.75, 3.05) is 5.32 Å². The van der Waals surface area contributed by atoms with Crippen LogP contribution in [0.5, 0.6) is 0 Å². The van der Waals surface area contributed by atoms with Gasteiger partial charge in [0.1, 0.15) is 4.99 Å². The van der Waals surface area contributed by atoms with Gasteiger partial charge in [0, 0.05) is 28.6 Å². The van der Waals surface area contributed by atoms with Crippen LogP contribution >= 0.6 is 23.6 Å². The maximum absolute atomic E-state index is 5.72. The second-order valence-corrected chi connectivity index (χ2v) is 5.71. The molecule has 4 heteroatoms. The summed E-state index contributed by atoms with van der Waals surface area (Å²) in [6.45, 7) is 2.16. The Labute approximate surface area is 117 Å². The van der Waals surface area contributed by atoms with Crippen molar-refractivity contribution in [3.8, 4) is 0 Å². The molecular formula is C14H16N2S2.